The summed E-state index contributed by atoms with van der Waals surface area (Å²) < 4.78 is 0. The van der Waals surface area contributed by atoms with Crippen molar-refractivity contribution in [2.24, 2.45) is 0 Å². The van der Waals surface area contributed by atoms with Crippen molar-refractivity contribution < 1.29 is 0 Å². The standard InChI is InChI=1S/C14H16N2S/c1-2-4-12(5-3-1)13-6-7-16(8-13)9-14-10-17-11-15-14/h1-5,10-11,13H,6-9H2. The fourth-order valence-corrected chi connectivity index (χ4v) is 3.07. The maximum atomic E-state index is 4.35. The molecule has 2 nitrogen and oxygen atoms in total. The first-order valence-electron chi connectivity index (χ1n) is 6.06. The Hall–Kier alpha value is -1.19. The molecule has 88 valence electrons. The third kappa shape index (κ3) is 2.56. The van der Waals surface area contributed by atoms with Crippen LogP contribution < -0.4 is 0 Å². The molecule has 0 radical (unpaired) electrons. The van der Waals surface area contributed by atoms with Gasteiger partial charge in [0.25, 0.3) is 0 Å². The molecular formula is C14H16N2S. The Morgan fingerprint density at radius 2 is 2.18 bits per heavy atom. The van der Waals surface area contributed by atoms with Crippen molar-refractivity contribution in [2.45, 2.75) is 18.9 Å². The van der Waals surface area contributed by atoms with Gasteiger partial charge in [-0.15, -0.1) is 11.3 Å². The molecule has 1 unspecified atom stereocenters. The highest BCUT2D eigenvalue weighted by Gasteiger charge is 2.23. The first kappa shape index (κ1) is 10.9. The van der Waals surface area contributed by atoms with Crippen LogP contribution in [0.15, 0.2) is 41.2 Å². The number of aromatic nitrogens is 1. The topological polar surface area (TPSA) is 16.1 Å². The van der Waals surface area contributed by atoms with Crippen molar-refractivity contribution in [1.82, 2.24) is 9.88 Å². The molecule has 0 spiro atoms. The highest BCUT2D eigenvalue weighted by molar-refractivity contribution is 7.07. The molecule has 17 heavy (non-hydrogen) atoms. The Morgan fingerprint density at radius 3 is 2.94 bits per heavy atom. The molecule has 0 amide bonds. The minimum absolute atomic E-state index is 0.704. The molecule has 1 aromatic carbocycles. The Kier molecular flexibility index (Phi) is 3.20. The molecule has 2 heterocycles. The number of thiazole rings is 1. The van der Waals surface area contributed by atoms with E-state index in [-0.39, 0.29) is 0 Å². The van der Waals surface area contributed by atoms with Crippen molar-refractivity contribution in [3.8, 4) is 0 Å². The third-order valence-corrected chi connectivity index (χ3v) is 4.05. The van der Waals surface area contributed by atoms with E-state index in [0.717, 1.165) is 6.54 Å². The van der Waals surface area contributed by atoms with E-state index >= 15 is 0 Å². The zero-order valence-electron chi connectivity index (χ0n) is 9.75. The summed E-state index contributed by atoms with van der Waals surface area (Å²) in [5, 5.41) is 2.15. The third-order valence-electron chi connectivity index (χ3n) is 3.41. The van der Waals surface area contributed by atoms with Crippen molar-refractivity contribution in [3.63, 3.8) is 0 Å². The fraction of sp³-hybridized carbons (Fsp3) is 0.357. The van der Waals surface area contributed by atoms with E-state index in [1.807, 2.05) is 5.51 Å². The number of hydrogen-bond acceptors (Lipinski definition) is 3. The van der Waals surface area contributed by atoms with E-state index in [1.54, 1.807) is 11.3 Å². The smallest absolute Gasteiger partial charge is 0.0795 e. The Balaban J connectivity index is 1.62. The Morgan fingerprint density at radius 1 is 1.29 bits per heavy atom. The predicted octanol–water partition coefficient (Wildman–Crippen LogP) is 3.13. The summed E-state index contributed by atoms with van der Waals surface area (Å²) in [5.41, 5.74) is 4.61. The van der Waals surface area contributed by atoms with Crippen LogP contribution in [0.3, 0.4) is 0 Å². The van der Waals surface area contributed by atoms with Crippen LogP contribution in [-0.2, 0) is 6.54 Å². The molecule has 1 saturated heterocycles. The van der Waals surface area contributed by atoms with Gasteiger partial charge in [-0.05, 0) is 24.4 Å². The summed E-state index contributed by atoms with van der Waals surface area (Å²) >= 11 is 1.68. The predicted molar refractivity (Wildman–Crippen MR) is 71.2 cm³/mol. The second-order valence-corrected chi connectivity index (χ2v) is 5.33. The Bertz CT molecular complexity index is 452. The van der Waals surface area contributed by atoms with Gasteiger partial charge in [-0.25, -0.2) is 4.98 Å². The molecule has 2 aromatic rings. The van der Waals surface area contributed by atoms with Gasteiger partial charge in [-0.3, -0.25) is 4.90 Å². The maximum Gasteiger partial charge on any atom is 0.0795 e. The minimum Gasteiger partial charge on any atom is -0.297 e. The molecule has 1 fully saturated rings. The summed E-state index contributed by atoms with van der Waals surface area (Å²) in [7, 11) is 0. The van der Waals surface area contributed by atoms with Gasteiger partial charge < -0.3 is 0 Å². The molecule has 1 aliphatic rings. The minimum atomic E-state index is 0.704. The average molecular weight is 244 g/mol. The summed E-state index contributed by atoms with van der Waals surface area (Å²) in [5.74, 6) is 0.704. The van der Waals surface area contributed by atoms with Crippen molar-refractivity contribution in [2.75, 3.05) is 13.1 Å². The highest BCUT2D eigenvalue weighted by Crippen LogP contribution is 2.27. The zero-order chi connectivity index (χ0) is 11.5. The first-order chi connectivity index (χ1) is 8.42. The Labute approximate surface area is 106 Å². The van der Waals surface area contributed by atoms with E-state index in [2.05, 4.69) is 45.6 Å². The molecule has 3 heteroatoms. The van der Waals surface area contributed by atoms with Crippen LogP contribution in [0.4, 0.5) is 0 Å². The lowest BCUT2D eigenvalue weighted by Gasteiger charge is -2.14. The van der Waals surface area contributed by atoms with E-state index in [9.17, 15) is 0 Å². The van der Waals surface area contributed by atoms with Gasteiger partial charge in [0.15, 0.2) is 0 Å². The summed E-state index contributed by atoms with van der Waals surface area (Å²) in [6.07, 6.45) is 1.27. The van der Waals surface area contributed by atoms with Gasteiger partial charge in [0.1, 0.15) is 0 Å². The molecule has 1 aliphatic heterocycles. The number of nitrogens with zero attached hydrogens (tertiary/aromatic N) is 2. The molecule has 0 bridgehead atoms. The number of hydrogen-bond donors (Lipinski definition) is 0. The van der Waals surface area contributed by atoms with Crippen molar-refractivity contribution in [1.29, 1.82) is 0 Å². The highest BCUT2D eigenvalue weighted by atomic mass is 32.1. The first-order valence-corrected chi connectivity index (χ1v) is 7.00. The summed E-state index contributed by atoms with van der Waals surface area (Å²) in [6, 6.07) is 10.9. The summed E-state index contributed by atoms with van der Waals surface area (Å²) in [4.78, 5) is 6.86. The van der Waals surface area contributed by atoms with Crippen LogP contribution in [-0.4, -0.2) is 23.0 Å². The van der Waals surface area contributed by atoms with Crippen LogP contribution in [0, 0.1) is 0 Å². The van der Waals surface area contributed by atoms with Crippen molar-refractivity contribution >= 4 is 11.3 Å². The van der Waals surface area contributed by atoms with E-state index < -0.39 is 0 Å². The molecule has 0 saturated carbocycles. The van der Waals surface area contributed by atoms with Gasteiger partial charge >= 0.3 is 0 Å². The lowest BCUT2D eigenvalue weighted by molar-refractivity contribution is 0.323. The number of rotatable bonds is 3. The zero-order valence-corrected chi connectivity index (χ0v) is 10.6. The van der Waals surface area contributed by atoms with Crippen LogP contribution in [0.25, 0.3) is 0 Å². The SMILES string of the molecule is c1ccc(C2CCN(Cc3cscn3)C2)cc1. The number of benzene rings is 1. The summed E-state index contributed by atoms with van der Waals surface area (Å²) in [6.45, 7) is 3.37. The van der Waals surface area contributed by atoms with E-state index in [0.29, 0.717) is 5.92 Å². The van der Waals surface area contributed by atoms with Crippen LogP contribution >= 0.6 is 11.3 Å². The molecule has 0 N–H and O–H groups in total. The normalized spacial score (nSPS) is 20.8. The van der Waals surface area contributed by atoms with Crippen LogP contribution in [0.1, 0.15) is 23.6 Å². The molecule has 1 atom stereocenters. The quantitative estimate of drug-likeness (QED) is 0.824. The molecule has 1 aromatic heterocycles. The molecular weight excluding hydrogens is 228 g/mol. The van der Waals surface area contributed by atoms with E-state index in [4.69, 9.17) is 0 Å². The van der Waals surface area contributed by atoms with E-state index in [1.165, 1.54) is 30.8 Å². The second kappa shape index (κ2) is 4.98. The fourth-order valence-electron chi connectivity index (χ4n) is 2.52. The largest absolute Gasteiger partial charge is 0.297 e. The second-order valence-electron chi connectivity index (χ2n) is 4.61. The lowest BCUT2D eigenvalue weighted by atomic mass is 9.99. The van der Waals surface area contributed by atoms with Crippen LogP contribution in [0.5, 0.6) is 0 Å². The van der Waals surface area contributed by atoms with Gasteiger partial charge in [0.05, 0.1) is 11.2 Å². The lowest BCUT2D eigenvalue weighted by Crippen LogP contribution is -2.19. The van der Waals surface area contributed by atoms with Crippen LogP contribution in [0.2, 0.25) is 0 Å². The average Bonchev–Trinajstić information content (AvgIpc) is 3.02. The molecule has 0 aliphatic carbocycles. The number of likely N-dealkylation sites (tertiary alicyclic amines) is 1. The van der Waals surface area contributed by atoms with Crippen molar-refractivity contribution in [3.05, 3.63) is 52.5 Å². The van der Waals surface area contributed by atoms with Gasteiger partial charge in [-0.2, -0.15) is 0 Å². The monoisotopic (exact) mass is 244 g/mol. The maximum absolute atomic E-state index is 4.35. The van der Waals surface area contributed by atoms with Gasteiger partial charge in [-0.1, -0.05) is 30.3 Å². The van der Waals surface area contributed by atoms with Gasteiger partial charge in [0.2, 0.25) is 0 Å². The van der Waals surface area contributed by atoms with Gasteiger partial charge in [0, 0.05) is 18.5 Å². The molecule has 3 rings (SSSR count).